The SMILES string of the molecule is CCC1CCN(CCC(O)c2ccc(Br)cc2Cl)CC1. The molecule has 1 aliphatic heterocycles. The summed E-state index contributed by atoms with van der Waals surface area (Å²) in [4.78, 5) is 2.46. The normalized spacial score (nSPS) is 19.2. The van der Waals surface area contributed by atoms with E-state index in [2.05, 4.69) is 27.8 Å². The average molecular weight is 361 g/mol. The first kappa shape index (κ1) is 16.3. The van der Waals surface area contributed by atoms with Crippen LogP contribution in [0.2, 0.25) is 5.02 Å². The van der Waals surface area contributed by atoms with E-state index in [1.165, 1.54) is 32.4 Å². The average Bonchev–Trinajstić information content (AvgIpc) is 2.45. The van der Waals surface area contributed by atoms with Crippen molar-refractivity contribution >= 4 is 27.5 Å². The van der Waals surface area contributed by atoms with Gasteiger partial charge in [0.1, 0.15) is 0 Å². The minimum atomic E-state index is -0.473. The van der Waals surface area contributed by atoms with Gasteiger partial charge in [-0.2, -0.15) is 0 Å². The summed E-state index contributed by atoms with van der Waals surface area (Å²) < 4.78 is 0.945. The Bertz CT molecular complexity index is 432. The first-order valence-electron chi connectivity index (χ1n) is 7.45. The van der Waals surface area contributed by atoms with Crippen molar-refractivity contribution in [2.45, 2.75) is 38.7 Å². The zero-order valence-corrected chi connectivity index (χ0v) is 14.3. The number of rotatable bonds is 5. The predicted molar refractivity (Wildman–Crippen MR) is 88.2 cm³/mol. The fourth-order valence-corrected chi connectivity index (χ4v) is 3.65. The molecule has 0 bridgehead atoms. The number of aliphatic hydroxyl groups is 1. The number of hydrogen-bond donors (Lipinski definition) is 1. The highest BCUT2D eigenvalue weighted by Gasteiger charge is 2.19. The van der Waals surface area contributed by atoms with Crippen LogP contribution in [-0.2, 0) is 0 Å². The van der Waals surface area contributed by atoms with Crippen molar-refractivity contribution in [3.63, 3.8) is 0 Å². The lowest BCUT2D eigenvalue weighted by atomic mass is 9.94. The van der Waals surface area contributed by atoms with Crippen LogP contribution in [0.3, 0.4) is 0 Å². The number of halogens is 2. The maximum Gasteiger partial charge on any atom is 0.0816 e. The molecule has 2 nitrogen and oxygen atoms in total. The maximum absolute atomic E-state index is 10.3. The number of likely N-dealkylation sites (tertiary alicyclic amines) is 1. The molecule has 1 fully saturated rings. The molecule has 1 unspecified atom stereocenters. The monoisotopic (exact) mass is 359 g/mol. The summed E-state index contributed by atoms with van der Waals surface area (Å²) in [5.74, 6) is 0.900. The van der Waals surface area contributed by atoms with Gasteiger partial charge in [0.2, 0.25) is 0 Å². The van der Waals surface area contributed by atoms with Gasteiger partial charge >= 0.3 is 0 Å². The van der Waals surface area contributed by atoms with E-state index in [1.807, 2.05) is 18.2 Å². The van der Waals surface area contributed by atoms with E-state index in [0.29, 0.717) is 5.02 Å². The molecule has 1 saturated heterocycles. The van der Waals surface area contributed by atoms with E-state index in [9.17, 15) is 5.11 Å². The second-order valence-corrected chi connectivity index (χ2v) is 6.99. The summed E-state index contributed by atoms with van der Waals surface area (Å²) in [6.45, 7) is 5.56. The van der Waals surface area contributed by atoms with Crippen LogP contribution in [0.15, 0.2) is 22.7 Å². The van der Waals surface area contributed by atoms with Gasteiger partial charge in [-0.15, -0.1) is 0 Å². The number of benzene rings is 1. The van der Waals surface area contributed by atoms with Crippen molar-refractivity contribution in [3.05, 3.63) is 33.3 Å². The highest BCUT2D eigenvalue weighted by atomic mass is 79.9. The first-order valence-corrected chi connectivity index (χ1v) is 8.62. The van der Waals surface area contributed by atoms with E-state index >= 15 is 0 Å². The van der Waals surface area contributed by atoms with E-state index in [1.54, 1.807) is 0 Å². The van der Waals surface area contributed by atoms with Crippen LogP contribution < -0.4 is 0 Å². The summed E-state index contributed by atoms with van der Waals surface area (Å²) in [6.07, 6.45) is 4.17. The minimum absolute atomic E-state index is 0.473. The zero-order chi connectivity index (χ0) is 14.5. The third-order valence-corrected chi connectivity index (χ3v) is 5.15. The van der Waals surface area contributed by atoms with Gasteiger partial charge in [0, 0.05) is 16.0 Å². The first-order chi connectivity index (χ1) is 9.60. The van der Waals surface area contributed by atoms with Gasteiger partial charge in [-0.3, -0.25) is 0 Å². The molecular weight excluding hydrogens is 338 g/mol. The summed E-state index contributed by atoms with van der Waals surface area (Å²) in [7, 11) is 0. The van der Waals surface area contributed by atoms with Gasteiger partial charge in [0.05, 0.1) is 6.10 Å². The smallest absolute Gasteiger partial charge is 0.0816 e. The maximum atomic E-state index is 10.3. The second-order valence-electron chi connectivity index (χ2n) is 5.66. The van der Waals surface area contributed by atoms with E-state index in [-0.39, 0.29) is 0 Å². The standard InChI is InChI=1S/C16H23BrClNO/c1-2-12-5-8-19(9-6-12)10-7-16(20)14-4-3-13(17)11-15(14)18/h3-4,11-12,16,20H,2,5-10H2,1H3. The Morgan fingerprint density at radius 3 is 2.70 bits per heavy atom. The minimum Gasteiger partial charge on any atom is -0.388 e. The van der Waals surface area contributed by atoms with Crippen LogP contribution in [0, 0.1) is 5.92 Å². The predicted octanol–water partition coefficient (Wildman–Crippen LogP) is 4.65. The number of nitrogens with zero attached hydrogens (tertiary/aromatic N) is 1. The molecule has 20 heavy (non-hydrogen) atoms. The molecule has 4 heteroatoms. The van der Waals surface area contributed by atoms with Gasteiger partial charge in [-0.25, -0.2) is 0 Å². The molecule has 112 valence electrons. The van der Waals surface area contributed by atoms with Crippen LogP contribution in [-0.4, -0.2) is 29.6 Å². The molecule has 2 rings (SSSR count). The van der Waals surface area contributed by atoms with Gasteiger partial charge in [0.25, 0.3) is 0 Å². The molecule has 1 N–H and O–H groups in total. The molecule has 1 atom stereocenters. The molecule has 1 heterocycles. The fourth-order valence-electron chi connectivity index (χ4n) is 2.85. The largest absolute Gasteiger partial charge is 0.388 e. The van der Waals surface area contributed by atoms with Crippen LogP contribution in [0.1, 0.15) is 44.3 Å². The molecule has 0 spiro atoms. The van der Waals surface area contributed by atoms with Crippen LogP contribution in [0.4, 0.5) is 0 Å². The molecule has 1 aliphatic rings. The van der Waals surface area contributed by atoms with Gasteiger partial charge in [0.15, 0.2) is 0 Å². The van der Waals surface area contributed by atoms with Crippen molar-refractivity contribution in [2.75, 3.05) is 19.6 Å². The Morgan fingerprint density at radius 1 is 1.40 bits per heavy atom. The van der Waals surface area contributed by atoms with Crippen LogP contribution in [0.5, 0.6) is 0 Å². The Kier molecular flexibility index (Phi) is 6.34. The summed E-state index contributed by atoms with van der Waals surface area (Å²) in [5, 5.41) is 10.9. The molecule has 0 radical (unpaired) electrons. The van der Waals surface area contributed by atoms with Crippen LogP contribution in [0.25, 0.3) is 0 Å². The van der Waals surface area contributed by atoms with Gasteiger partial charge in [-0.1, -0.05) is 46.9 Å². The summed E-state index contributed by atoms with van der Waals surface area (Å²) in [6, 6.07) is 5.67. The molecule has 1 aromatic carbocycles. The molecular formula is C16H23BrClNO. The number of hydrogen-bond acceptors (Lipinski definition) is 2. The molecule has 0 aromatic heterocycles. The third-order valence-electron chi connectivity index (χ3n) is 4.32. The van der Waals surface area contributed by atoms with Crippen molar-refractivity contribution in [2.24, 2.45) is 5.92 Å². The summed E-state index contributed by atoms with van der Waals surface area (Å²) >= 11 is 9.57. The van der Waals surface area contributed by atoms with E-state index in [4.69, 9.17) is 11.6 Å². The van der Waals surface area contributed by atoms with Crippen molar-refractivity contribution in [1.29, 1.82) is 0 Å². The van der Waals surface area contributed by atoms with Crippen molar-refractivity contribution in [3.8, 4) is 0 Å². The van der Waals surface area contributed by atoms with Crippen molar-refractivity contribution in [1.82, 2.24) is 4.90 Å². The van der Waals surface area contributed by atoms with E-state index in [0.717, 1.165) is 28.9 Å². The van der Waals surface area contributed by atoms with Gasteiger partial charge in [-0.05, 0) is 56.0 Å². The summed E-state index contributed by atoms with van der Waals surface area (Å²) in [5.41, 5.74) is 0.832. The highest BCUT2D eigenvalue weighted by Crippen LogP contribution is 2.29. The number of piperidine rings is 1. The van der Waals surface area contributed by atoms with Gasteiger partial charge < -0.3 is 10.0 Å². The Hall–Kier alpha value is -0.0900. The topological polar surface area (TPSA) is 23.5 Å². The molecule has 0 saturated carbocycles. The molecule has 0 aliphatic carbocycles. The lowest BCUT2D eigenvalue weighted by molar-refractivity contribution is 0.122. The fraction of sp³-hybridized carbons (Fsp3) is 0.625. The lowest BCUT2D eigenvalue weighted by Gasteiger charge is -2.32. The second kappa shape index (κ2) is 7.79. The van der Waals surface area contributed by atoms with Crippen molar-refractivity contribution < 1.29 is 5.11 Å². The third kappa shape index (κ3) is 4.45. The highest BCUT2D eigenvalue weighted by molar-refractivity contribution is 9.10. The van der Waals surface area contributed by atoms with Crippen LogP contribution >= 0.6 is 27.5 Å². The Labute approximate surface area is 135 Å². The quantitative estimate of drug-likeness (QED) is 0.826. The Balaban J connectivity index is 1.82. The van der Waals surface area contributed by atoms with E-state index < -0.39 is 6.10 Å². The molecule has 0 amide bonds. The lowest BCUT2D eigenvalue weighted by Crippen LogP contribution is -2.34. The Morgan fingerprint density at radius 2 is 2.10 bits per heavy atom. The molecule has 1 aromatic rings. The zero-order valence-electron chi connectivity index (χ0n) is 12.0. The number of aliphatic hydroxyl groups excluding tert-OH is 1.